The summed E-state index contributed by atoms with van der Waals surface area (Å²) in [5.74, 6) is 1.42. The minimum absolute atomic E-state index is 0.475. The quantitative estimate of drug-likeness (QED) is 0.888. The van der Waals surface area contributed by atoms with Gasteiger partial charge in [-0.1, -0.05) is 53.1 Å². The van der Waals surface area contributed by atoms with Crippen LogP contribution in [0.15, 0.2) is 33.3 Å². The van der Waals surface area contributed by atoms with Crippen LogP contribution in [-0.4, -0.2) is 22.7 Å². The van der Waals surface area contributed by atoms with Crippen LogP contribution in [0.1, 0.15) is 31.1 Å². The van der Waals surface area contributed by atoms with E-state index < -0.39 is 0 Å². The van der Waals surface area contributed by atoms with Crippen LogP contribution in [0.25, 0.3) is 0 Å². The molecule has 0 aliphatic rings. The number of aromatic nitrogens is 2. The minimum atomic E-state index is 0.475. The van der Waals surface area contributed by atoms with E-state index in [1.54, 1.807) is 0 Å². The topological polar surface area (TPSA) is 51.0 Å². The Morgan fingerprint density at radius 1 is 1.32 bits per heavy atom. The fourth-order valence-corrected chi connectivity index (χ4v) is 2.17. The zero-order valence-corrected chi connectivity index (χ0v) is 12.8. The Labute approximate surface area is 121 Å². The number of nitrogens with one attached hydrogen (secondary N) is 1. The maximum Gasteiger partial charge on any atom is 0.227 e. The first-order chi connectivity index (χ1) is 9.15. The number of hydrogen-bond acceptors (Lipinski definition) is 4. The van der Waals surface area contributed by atoms with Gasteiger partial charge in [-0.2, -0.15) is 4.98 Å². The summed E-state index contributed by atoms with van der Waals surface area (Å²) in [6.45, 7) is 5.09. The third-order valence-corrected chi connectivity index (χ3v) is 3.48. The first-order valence-electron chi connectivity index (χ1n) is 6.43. The normalized spacial score (nSPS) is 11.2. The molecule has 2 rings (SSSR count). The molecule has 4 nitrogen and oxygen atoms in total. The van der Waals surface area contributed by atoms with Crippen LogP contribution in [0.4, 0.5) is 0 Å². The molecular formula is C14H18BrN3O. The Morgan fingerprint density at radius 2 is 2.11 bits per heavy atom. The Bertz CT molecular complexity index is 525. The molecule has 0 spiro atoms. The summed E-state index contributed by atoms with van der Waals surface area (Å²) in [5.41, 5.74) is 1.16. The lowest BCUT2D eigenvalue weighted by molar-refractivity contribution is 0.369. The predicted molar refractivity (Wildman–Crippen MR) is 78.1 cm³/mol. The summed E-state index contributed by atoms with van der Waals surface area (Å²) in [4.78, 5) is 4.40. The molecular weight excluding hydrogens is 306 g/mol. The van der Waals surface area contributed by atoms with Crippen molar-refractivity contribution in [3.05, 3.63) is 46.0 Å². The molecule has 0 saturated carbocycles. The van der Waals surface area contributed by atoms with Gasteiger partial charge in [0, 0.05) is 29.9 Å². The van der Waals surface area contributed by atoms with Crippen LogP contribution in [0.5, 0.6) is 0 Å². The highest BCUT2D eigenvalue weighted by Gasteiger charge is 2.08. The molecule has 1 aromatic heterocycles. The smallest absolute Gasteiger partial charge is 0.227 e. The van der Waals surface area contributed by atoms with Crippen molar-refractivity contribution in [1.29, 1.82) is 0 Å². The van der Waals surface area contributed by atoms with Crippen molar-refractivity contribution in [3.63, 3.8) is 0 Å². The summed E-state index contributed by atoms with van der Waals surface area (Å²) >= 11 is 3.52. The lowest BCUT2D eigenvalue weighted by atomic mass is 10.1. The average molecular weight is 324 g/mol. The van der Waals surface area contributed by atoms with Gasteiger partial charge in [-0.3, -0.25) is 0 Å². The third kappa shape index (κ3) is 4.44. The molecule has 2 aromatic rings. The number of hydrogen-bond donors (Lipinski definition) is 1. The number of nitrogens with zero attached hydrogens (tertiary/aromatic N) is 2. The van der Waals surface area contributed by atoms with Crippen molar-refractivity contribution in [2.75, 3.05) is 6.54 Å². The van der Waals surface area contributed by atoms with Crippen LogP contribution in [0.3, 0.4) is 0 Å². The molecule has 1 N–H and O–H groups in total. The fraction of sp³-hybridized carbons (Fsp3) is 0.429. The van der Waals surface area contributed by atoms with Crippen molar-refractivity contribution >= 4 is 15.9 Å². The van der Waals surface area contributed by atoms with E-state index in [4.69, 9.17) is 4.52 Å². The fourth-order valence-electron chi connectivity index (χ4n) is 1.74. The average Bonchev–Trinajstić information content (AvgIpc) is 2.79. The number of benzene rings is 1. The number of halogens is 1. The van der Waals surface area contributed by atoms with Crippen molar-refractivity contribution < 1.29 is 4.52 Å². The number of rotatable bonds is 6. The van der Waals surface area contributed by atoms with E-state index in [0.717, 1.165) is 28.8 Å². The van der Waals surface area contributed by atoms with Crippen LogP contribution in [0.2, 0.25) is 0 Å². The van der Waals surface area contributed by atoms with Gasteiger partial charge < -0.3 is 9.84 Å². The molecule has 0 bridgehead atoms. The van der Waals surface area contributed by atoms with Gasteiger partial charge in [-0.25, -0.2) is 0 Å². The first kappa shape index (κ1) is 14.2. The van der Waals surface area contributed by atoms with E-state index in [-0.39, 0.29) is 0 Å². The van der Waals surface area contributed by atoms with Crippen LogP contribution in [0, 0.1) is 0 Å². The van der Waals surface area contributed by atoms with Gasteiger partial charge in [0.1, 0.15) is 0 Å². The van der Waals surface area contributed by atoms with E-state index in [1.807, 2.05) is 18.2 Å². The summed E-state index contributed by atoms with van der Waals surface area (Å²) < 4.78 is 6.31. The lowest BCUT2D eigenvalue weighted by Gasteiger charge is -2.04. The van der Waals surface area contributed by atoms with Gasteiger partial charge in [0.05, 0.1) is 0 Å². The zero-order valence-electron chi connectivity index (χ0n) is 11.2. The summed E-state index contributed by atoms with van der Waals surface area (Å²) in [5, 5.41) is 7.34. The molecule has 0 radical (unpaired) electrons. The monoisotopic (exact) mass is 323 g/mol. The summed E-state index contributed by atoms with van der Waals surface area (Å²) in [6, 6.07) is 8.55. The minimum Gasteiger partial charge on any atom is -0.339 e. The maximum atomic E-state index is 5.24. The molecule has 102 valence electrons. The highest BCUT2D eigenvalue weighted by Crippen LogP contribution is 2.18. The molecule has 1 heterocycles. The Morgan fingerprint density at radius 3 is 2.84 bits per heavy atom. The molecule has 1 aromatic carbocycles. The van der Waals surface area contributed by atoms with Crippen LogP contribution < -0.4 is 5.32 Å². The van der Waals surface area contributed by atoms with Crippen LogP contribution >= 0.6 is 15.9 Å². The predicted octanol–water partition coefficient (Wildman–Crippen LogP) is 2.96. The Kier molecular flexibility index (Phi) is 5.10. The second-order valence-electron chi connectivity index (χ2n) is 4.73. The van der Waals surface area contributed by atoms with E-state index in [1.165, 1.54) is 0 Å². The molecule has 0 aliphatic carbocycles. The molecule has 0 atom stereocenters. The molecule has 0 fully saturated rings. The first-order valence-corrected chi connectivity index (χ1v) is 7.22. The Balaban J connectivity index is 1.92. The Hall–Kier alpha value is -1.20. The zero-order chi connectivity index (χ0) is 13.7. The molecule has 0 unspecified atom stereocenters. The SMILES string of the molecule is CC(C)NCCc1nc(Cc2ccccc2Br)no1. The lowest BCUT2D eigenvalue weighted by Crippen LogP contribution is -2.25. The van der Waals surface area contributed by atoms with Crippen molar-refractivity contribution in [1.82, 2.24) is 15.5 Å². The third-order valence-electron chi connectivity index (χ3n) is 2.71. The van der Waals surface area contributed by atoms with Gasteiger partial charge in [0.25, 0.3) is 0 Å². The van der Waals surface area contributed by atoms with E-state index >= 15 is 0 Å². The van der Waals surface area contributed by atoms with Gasteiger partial charge >= 0.3 is 0 Å². The molecule has 0 aliphatic heterocycles. The van der Waals surface area contributed by atoms with Crippen molar-refractivity contribution in [2.45, 2.75) is 32.7 Å². The largest absolute Gasteiger partial charge is 0.339 e. The summed E-state index contributed by atoms with van der Waals surface area (Å²) in [7, 11) is 0. The van der Waals surface area contributed by atoms with Crippen molar-refractivity contribution in [3.8, 4) is 0 Å². The maximum absolute atomic E-state index is 5.24. The van der Waals surface area contributed by atoms with Gasteiger partial charge in [0.2, 0.25) is 5.89 Å². The van der Waals surface area contributed by atoms with Gasteiger partial charge in [0.15, 0.2) is 5.82 Å². The van der Waals surface area contributed by atoms with Gasteiger partial charge in [-0.05, 0) is 11.6 Å². The summed E-state index contributed by atoms with van der Waals surface area (Å²) in [6.07, 6.45) is 1.45. The van der Waals surface area contributed by atoms with E-state index in [0.29, 0.717) is 18.4 Å². The van der Waals surface area contributed by atoms with E-state index in [9.17, 15) is 0 Å². The molecule has 0 saturated heterocycles. The standard InChI is InChI=1S/C14H18BrN3O/c1-10(2)16-8-7-14-17-13(18-19-14)9-11-5-3-4-6-12(11)15/h3-6,10,16H,7-9H2,1-2H3. The van der Waals surface area contributed by atoms with Crippen LogP contribution in [-0.2, 0) is 12.8 Å². The second kappa shape index (κ2) is 6.82. The molecule has 5 heteroatoms. The van der Waals surface area contributed by atoms with Crippen molar-refractivity contribution in [2.24, 2.45) is 0 Å². The van der Waals surface area contributed by atoms with E-state index in [2.05, 4.69) is 51.3 Å². The highest BCUT2D eigenvalue weighted by atomic mass is 79.9. The van der Waals surface area contributed by atoms with Gasteiger partial charge in [-0.15, -0.1) is 0 Å². The second-order valence-corrected chi connectivity index (χ2v) is 5.59. The highest BCUT2D eigenvalue weighted by molar-refractivity contribution is 9.10. The molecule has 0 amide bonds. The molecule has 19 heavy (non-hydrogen) atoms.